The van der Waals surface area contributed by atoms with Gasteiger partial charge in [0.05, 0.1) is 19.7 Å². The molecule has 3 rings (SSSR count). The standard InChI is InChI=1S/C23H35ClN6O3/c1-30-11-7-16(8-12-30)27-22-17-13-19(32-2)20(33-3)14-18(17)28-23(29-22)26-10-6-4-5-9-25-21(31)15-24/h13-14,16H,4-12,15H2,1-3H3,(H,25,31)(H2,26,27,28,29). The zero-order valence-electron chi connectivity index (χ0n) is 19.7. The van der Waals surface area contributed by atoms with Gasteiger partial charge in [-0.1, -0.05) is 0 Å². The summed E-state index contributed by atoms with van der Waals surface area (Å²) in [5.74, 6) is 2.56. The third kappa shape index (κ3) is 7.23. The molecule has 3 N–H and O–H groups in total. The van der Waals surface area contributed by atoms with Crippen LogP contribution in [0, 0.1) is 0 Å². The number of carbonyl (C=O) groups excluding carboxylic acids is 1. The van der Waals surface area contributed by atoms with E-state index in [0.29, 0.717) is 30.0 Å². The highest BCUT2D eigenvalue weighted by Gasteiger charge is 2.20. The summed E-state index contributed by atoms with van der Waals surface area (Å²) in [5, 5.41) is 10.7. The smallest absolute Gasteiger partial charge is 0.234 e. The molecule has 0 saturated carbocycles. The second kappa shape index (κ2) is 12.6. The van der Waals surface area contributed by atoms with E-state index < -0.39 is 0 Å². The van der Waals surface area contributed by atoms with Gasteiger partial charge < -0.3 is 30.3 Å². The highest BCUT2D eigenvalue weighted by atomic mass is 35.5. The molecule has 0 unspecified atom stereocenters. The number of nitrogens with one attached hydrogen (secondary N) is 3. The first kappa shape index (κ1) is 25.1. The zero-order chi connectivity index (χ0) is 23.6. The maximum absolute atomic E-state index is 11.2. The Hall–Kier alpha value is -2.52. The minimum atomic E-state index is -0.129. The van der Waals surface area contributed by atoms with Crippen LogP contribution in [0.2, 0.25) is 0 Å². The summed E-state index contributed by atoms with van der Waals surface area (Å²) in [6.07, 6.45) is 4.97. The Morgan fingerprint density at radius 3 is 2.48 bits per heavy atom. The van der Waals surface area contributed by atoms with Gasteiger partial charge in [-0.25, -0.2) is 4.98 Å². The number of hydrogen-bond donors (Lipinski definition) is 3. The minimum Gasteiger partial charge on any atom is -0.493 e. The van der Waals surface area contributed by atoms with Gasteiger partial charge in [-0.3, -0.25) is 4.79 Å². The van der Waals surface area contributed by atoms with E-state index in [9.17, 15) is 4.79 Å². The molecule has 1 aliphatic rings. The maximum atomic E-state index is 11.2. The molecule has 0 spiro atoms. The van der Waals surface area contributed by atoms with Crippen molar-refractivity contribution in [3.05, 3.63) is 12.1 Å². The maximum Gasteiger partial charge on any atom is 0.234 e. The molecule has 0 atom stereocenters. The Labute approximate surface area is 200 Å². The average Bonchev–Trinajstić information content (AvgIpc) is 2.83. The number of unbranched alkanes of at least 4 members (excludes halogenated alkanes) is 2. The molecule has 0 aliphatic carbocycles. The summed E-state index contributed by atoms with van der Waals surface area (Å²) in [5.41, 5.74) is 0.796. The summed E-state index contributed by atoms with van der Waals surface area (Å²) in [7, 11) is 5.41. The normalized spacial score (nSPS) is 14.8. The number of methoxy groups -OCH3 is 2. The molecule has 1 fully saturated rings. The number of benzene rings is 1. The fraction of sp³-hybridized carbons (Fsp3) is 0.609. The number of hydrogen-bond acceptors (Lipinski definition) is 8. The predicted molar refractivity (Wildman–Crippen MR) is 133 cm³/mol. The van der Waals surface area contributed by atoms with E-state index in [-0.39, 0.29) is 11.8 Å². The third-order valence-electron chi connectivity index (χ3n) is 5.84. The topological polar surface area (TPSA) is 101 Å². The van der Waals surface area contributed by atoms with Crippen molar-refractivity contribution in [3.63, 3.8) is 0 Å². The summed E-state index contributed by atoms with van der Waals surface area (Å²) in [6.45, 7) is 3.52. The lowest BCUT2D eigenvalue weighted by molar-refractivity contribution is -0.118. The molecule has 2 heterocycles. The van der Waals surface area contributed by atoms with Crippen LogP contribution in [0.1, 0.15) is 32.1 Å². The van der Waals surface area contributed by atoms with E-state index in [4.69, 9.17) is 31.0 Å². The number of fused-ring (bicyclic) bond motifs is 1. The lowest BCUT2D eigenvalue weighted by atomic mass is 10.1. The van der Waals surface area contributed by atoms with E-state index in [1.165, 1.54) is 0 Å². The van der Waals surface area contributed by atoms with Crippen LogP contribution in [0.5, 0.6) is 11.5 Å². The molecule has 1 amide bonds. The summed E-state index contributed by atoms with van der Waals surface area (Å²) >= 11 is 5.48. The van der Waals surface area contributed by atoms with Crippen molar-refractivity contribution in [2.75, 3.05) is 64.0 Å². The van der Waals surface area contributed by atoms with Crippen molar-refractivity contribution in [2.45, 2.75) is 38.1 Å². The number of piperidine rings is 1. The van der Waals surface area contributed by atoms with Crippen molar-refractivity contribution in [1.82, 2.24) is 20.2 Å². The lowest BCUT2D eigenvalue weighted by Crippen LogP contribution is -2.37. The first-order valence-corrected chi connectivity index (χ1v) is 12.0. The van der Waals surface area contributed by atoms with Crippen LogP contribution < -0.4 is 25.4 Å². The molecule has 1 aliphatic heterocycles. The highest BCUT2D eigenvalue weighted by Crippen LogP contribution is 2.35. The zero-order valence-corrected chi connectivity index (χ0v) is 20.5. The second-order valence-electron chi connectivity index (χ2n) is 8.31. The molecule has 1 aromatic carbocycles. The summed E-state index contributed by atoms with van der Waals surface area (Å²) in [6, 6.07) is 4.19. The Kier molecular flexibility index (Phi) is 9.62. The molecule has 2 aromatic rings. The van der Waals surface area contributed by atoms with Crippen LogP contribution in [0.3, 0.4) is 0 Å². The minimum absolute atomic E-state index is 0.00540. The Balaban J connectivity index is 1.69. The molecule has 1 aromatic heterocycles. The van der Waals surface area contributed by atoms with Gasteiger partial charge >= 0.3 is 0 Å². The fourth-order valence-corrected chi connectivity index (χ4v) is 3.99. The number of aromatic nitrogens is 2. The number of nitrogens with zero attached hydrogens (tertiary/aromatic N) is 3. The highest BCUT2D eigenvalue weighted by molar-refractivity contribution is 6.27. The molecule has 1 saturated heterocycles. The van der Waals surface area contributed by atoms with Crippen molar-refractivity contribution in [3.8, 4) is 11.5 Å². The van der Waals surface area contributed by atoms with Crippen LogP contribution in [0.4, 0.5) is 11.8 Å². The van der Waals surface area contributed by atoms with Crippen molar-refractivity contribution < 1.29 is 14.3 Å². The van der Waals surface area contributed by atoms with Crippen molar-refractivity contribution >= 4 is 40.2 Å². The van der Waals surface area contributed by atoms with E-state index >= 15 is 0 Å². The number of halogens is 1. The average molecular weight is 479 g/mol. The van der Waals surface area contributed by atoms with Crippen LogP contribution >= 0.6 is 11.6 Å². The number of ether oxygens (including phenoxy) is 2. The number of carbonyl (C=O) groups is 1. The molecule has 10 heteroatoms. The van der Waals surface area contributed by atoms with Gasteiger partial charge in [-0.15, -0.1) is 11.6 Å². The molecule has 9 nitrogen and oxygen atoms in total. The van der Waals surface area contributed by atoms with Crippen molar-refractivity contribution in [1.29, 1.82) is 0 Å². The Morgan fingerprint density at radius 2 is 1.79 bits per heavy atom. The first-order chi connectivity index (χ1) is 16.0. The third-order valence-corrected chi connectivity index (χ3v) is 6.08. The Bertz CT molecular complexity index is 921. The van der Waals surface area contributed by atoms with E-state index in [1.54, 1.807) is 14.2 Å². The first-order valence-electron chi connectivity index (χ1n) is 11.5. The quantitative estimate of drug-likeness (QED) is 0.316. The van der Waals surface area contributed by atoms with Gasteiger partial charge in [0.25, 0.3) is 0 Å². The number of alkyl halides is 1. The number of rotatable bonds is 12. The monoisotopic (exact) mass is 478 g/mol. The van der Waals surface area contributed by atoms with E-state index in [2.05, 4.69) is 27.9 Å². The van der Waals surface area contributed by atoms with E-state index in [0.717, 1.165) is 68.5 Å². The fourth-order valence-electron chi connectivity index (χ4n) is 3.89. The number of likely N-dealkylation sites (tertiary alicyclic amines) is 1. The Morgan fingerprint density at radius 1 is 1.09 bits per heavy atom. The predicted octanol–water partition coefficient (Wildman–Crippen LogP) is 3.09. The SMILES string of the molecule is COc1cc2nc(NCCCCCNC(=O)CCl)nc(NC3CCN(C)CC3)c2cc1OC. The van der Waals surface area contributed by atoms with Gasteiger partial charge in [0.2, 0.25) is 11.9 Å². The van der Waals surface area contributed by atoms with E-state index in [1.807, 2.05) is 12.1 Å². The van der Waals surface area contributed by atoms with Crippen LogP contribution in [-0.4, -0.2) is 80.1 Å². The van der Waals surface area contributed by atoms with Crippen LogP contribution in [0.15, 0.2) is 12.1 Å². The van der Waals surface area contributed by atoms with Gasteiger partial charge in [0, 0.05) is 30.6 Å². The summed E-state index contributed by atoms with van der Waals surface area (Å²) < 4.78 is 11.0. The van der Waals surface area contributed by atoms with Gasteiger partial charge in [-0.05, 0) is 58.3 Å². The lowest BCUT2D eigenvalue weighted by Gasteiger charge is -2.30. The van der Waals surface area contributed by atoms with Gasteiger partial charge in [0.1, 0.15) is 11.7 Å². The number of anilines is 2. The van der Waals surface area contributed by atoms with Gasteiger partial charge in [-0.2, -0.15) is 4.98 Å². The van der Waals surface area contributed by atoms with Crippen LogP contribution in [-0.2, 0) is 4.79 Å². The molecular weight excluding hydrogens is 444 g/mol. The van der Waals surface area contributed by atoms with Crippen LogP contribution in [0.25, 0.3) is 10.9 Å². The molecule has 0 radical (unpaired) electrons. The molecule has 182 valence electrons. The summed E-state index contributed by atoms with van der Waals surface area (Å²) in [4.78, 5) is 23.0. The van der Waals surface area contributed by atoms with Crippen molar-refractivity contribution in [2.24, 2.45) is 0 Å². The largest absolute Gasteiger partial charge is 0.493 e. The molecule has 33 heavy (non-hydrogen) atoms. The molecular formula is C23H35ClN6O3. The second-order valence-corrected chi connectivity index (χ2v) is 8.58. The number of amides is 1. The molecule has 0 bridgehead atoms. The van der Waals surface area contributed by atoms with Gasteiger partial charge in [0.15, 0.2) is 11.5 Å².